The first-order valence-electron chi connectivity index (χ1n) is 14.2. The van der Waals surface area contributed by atoms with Gasteiger partial charge in [0, 0.05) is 64.4 Å². The summed E-state index contributed by atoms with van der Waals surface area (Å²) in [5.41, 5.74) is 3.64. The smallest absolute Gasteiger partial charge is 0.254 e. The van der Waals surface area contributed by atoms with Gasteiger partial charge in [0.1, 0.15) is 10.8 Å². The van der Waals surface area contributed by atoms with Gasteiger partial charge in [0.05, 0.1) is 6.04 Å². The lowest BCUT2D eigenvalue weighted by atomic mass is 9.91. The van der Waals surface area contributed by atoms with Crippen molar-refractivity contribution in [3.05, 3.63) is 116 Å². The third kappa shape index (κ3) is 7.01. The summed E-state index contributed by atoms with van der Waals surface area (Å²) in [6.07, 6.45) is 1.81. The highest BCUT2D eigenvalue weighted by Crippen LogP contribution is 2.35. The van der Waals surface area contributed by atoms with E-state index in [1.54, 1.807) is 47.7 Å². The number of rotatable bonds is 10. The molecule has 1 aliphatic rings. The summed E-state index contributed by atoms with van der Waals surface area (Å²) in [6.45, 7) is 5.66. The Morgan fingerprint density at radius 3 is 2.64 bits per heavy atom. The van der Waals surface area contributed by atoms with E-state index < -0.39 is 0 Å². The number of thiazole rings is 1. The number of aromatic nitrogens is 1. The molecule has 0 radical (unpaired) electrons. The van der Waals surface area contributed by atoms with Crippen molar-refractivity contribution < 1.29 is 14.7 Å². The van der Waals surface area contributed by atoms with E-state index in [1.807, 2.05) is 60.5 Å². The number of carbonyl (C=O) groups is 2. The van der Waals surface area contributed by atoms with E-state index >= 15 is 0 Å². The van der Waals surface area contributed by atoms with Gasteiger partial charge in [-0.25, -0.2) is 4.98 Å². The number of aromatic hydroxyl groups is 1. The second kappa shape index (κ2) is 13.5. The van der Waals surface area contributed by atoms with Gasteiger partial charge in [-0.15, -0.1) is 11.3 Å². The highest BCUT2D eigenvalue weighted by atomic mass is 35.5. The number of carbonyl (C=O) groups excluding carboxylic acids is 2. The van der Waals surface area contributed by atoms with Crippen molar-refractivity contribution in [1.82, 2.24) is 20.5 Å². The number of hydrogen-bond donors (Lipinski definition) is 3. The molecule has 7 nitrogen and oxygen atoms in total. The molecular formula is C33H35ClN4O3S. The molecule has 5 rings (SSSR count). The van der Waals surface area contributed by atoms with Gasteiger partial charge in [-0.1, -0.05) is 48.0 Å². The molecule has 0 unspecified atom stereocenters. The minimum absolute atomic E-state index is 0.0348. The quantitative estimate of drug-likeness (QED) is 0.193. The highest BCUT2D eigenvalue weighted by molar-refractivity contribution is 7.09. The van der Waals surface area contributed by atoms with Gasteiger partial charge >= 0.3 is 0 Å². The molecular weight excluding hydrogens is 568 g/mol. The number of para-hydroxylation sites is 1. The molecule has 1 aromatic heterocycles. The number of benzene rings is 3. The predicted octanol–water partition coefficient (Wildman–Crippen LogP) is 6.48. The molecule has 218 valence electrons. The molecule has 3 atom stereocenters. The van der Waals surface area contributed by atoms with Gasteiger partial charge in [0.2, 0.25) is 0 Å². The molecule has 2 heterocycles. The van der Waals surface area contributed by atoms with Gasteiger partial charge in [0.15, 0.2) is 0 Å². The normalized spacial score (nSPS) is 16.3. The maximum atomic E-state index is 13.5. The molecule has 42 heavy (non-hydrogen) atoms. The van der Waals surface area contributed by atoms with Crippen LogP contribution < -0.4 is 10.6 Å². The molecule has 0 spiro atoms. The number of phenolic OH excluding ortho intramolecular Hbond substituents is 1. The van der Waals surface area contributed by atoms with Gasteiger partial charge in [0.25, 0.3) is 11.8 Å². The van der Waals surface area contributed by atoms with Crippen LogP contribution in [0.3, 0.4) is 0 Å². The van der Waals surface area contributed by atoms with Crippen molar-refractivity contribution >= 4 is 34.8 Å². The Morgan fingerprint density at radius 2 is 1.88 bits per heavy atom. The number of phenols is 1. The van der Waals surface area contributed by atoms with Crippen molar-refractivity contribution in [3.63, 3.8) is 0 Å². The van der Waals surface area contributed by atoms with Crippen LogP contribution >= 0.6 is 22.9 Å². The van der Waals surface area contributed by atoms with Crippen LogP contribution in [0.2, 0.25) is 5.02 Å². The van der Waals surface area contributed by atoms with Crippen molar-refractivity contribution in [2.24, 2.45) is 0 Å². The summed E-state index contributed by atoms with van der Waals surface area (Å²) in [7, 11) is 0. The molecule has 4 aromatic rings. The van der Waals surface area contributed by atoms with Crippen molar-refractivity contribution in [1.29, 1.82) is 0 Å². The van der Waals surface area contributed by atoms with Crippen LogP contribution in [-0.4, -0.2) is 45.9 Å². The van der Waals surface area contributed by atoms with E-state index in [2.05, 4.69) is 15.6 Å². The minimum Gasteiger partial charge on any atom is -0.508 e. The molecule has 1 fully saturated rings. The summed E-state index contributed by atoms with van der Waals surface area (Å²) in [6, 6.07) is 21.4. The lowest BCUT2D eigenvalue weighted by Crippen LogP contribution is -2.41. The fourth-order valence-electron chi connectivity index (χ4n) is 5.52. The lowest BCUT2D eigenvalue weighted by molar-refractivity contribution is 0.0735. The molecule has 1 saturated heterocycles. The maximum absolute atomic E-state index is 13.5. The third-order valence-electron chi connectivity index (χ3n) is 7.69. The first kappa shape index (κ1) is 29.8. The summed E-state index contributed by atoms with van der Waals surface area (Å²) < 4.78 is 0. The molecule has 9 heteroatoms. The minimum atomic E-state index is -0.326. The molecule has 3 N–H and O–H groups in total. The predicted molar refractivity (Wildman–Crippen MR) is 167 cm³/mol. The number of amides is 2. The van der Waals surface area contributed by atoms with E-state index in [0.717, 1.165) is 34.7 Å². The maximum Gasteiger partial charge on any atom is 0.254 e. The Kier molecular flexibility index (Phi) is 9.57. The largest absolute Gasteiger partial charge is 0.508 e. The fourth-order valence-corrected chi connectivity index (χ4v) is 6.67. The SMILES string of the molecule is Cc1csc([C@H]2CCCN2C(=O)c2cccc(C(=O)N[C@@H](C)[C@@H](CNCc3cccc(Cl)c3)c3ccccc3O)c2)n1. The van der Waals surface area contributed by atoms with Crippen LogP contribution in [0.5, 0.6) is 5.75 Å². The van der Waals surface area contributed by atoms with E-state index in [1.165, 1.54) is 0 Å². The van der Waals surface area contributed by atoms with Gasteiger partial charge < -0.3 is 20.6 Å². The number of hydrogen-bond acceptors (Lipinski definition) is 6. The number of aryl methyl sites for hydroxylation is 1. The van der Waals surface area contributed by atoms with Gasteiger partial charge in [-0.3, -0.25) is 9.59 Å². The summed E-state index contributed by atoms with van der Waals surface area (Å²) in [5.74, 6) is -0.408. The Bertz CT molecular complexity index is 1560. The van der Waals surface area contributed by atoms with E-state index in [0.29, 0.717) is 35.8 Å². The summed E-state index contributed by atoms with van der Waals surface area (Å²) in [4.78, 5) is 33.5. The topological polar surface area (TPSA) is 94.6 Å². The number of nitrogens with one attached hydrogen (secondary N) is 2. The molecule has 3 aromatic carbocycles. The van der Waals surface area contributed by atoms with Crippen LogP contribution in [0, 0.1) is 6.92 Å². The van der Waals surface area contributed by atoms with Crippen LogP contribution in [0.4, 0.5) is 0 Å². The summed E-state index contributed by atoms with van der Waals surface area (Å²) in [5, 5.41) is 20.8. The van der Waals surface area contributed by atoms with Crippen molar-refractivity contribution in [3.8, 4) is 5.75 Å². The van der Waals surface area contributed by atoms with Crippen molar-refractivity contribution in [2.45, 2.75) is 51.2 Å². The Morgan fingerprint density at radius 1 is 1.10 bits per heavy atom. The zero-order valence-electron chi connectivity index (χ0n) is 23.7. The first-order chi connectivity index (χ1) is 20.3. The van der Waals surface area contributed by atoms with Crippen LogP contribution in [-0.2, 0) is 6.54 Å². The molecule has 2 amide bonds. The standard InChI is InChI=1S/C33H35ClN4O3S/c1-21-20-42-32(36-21)29-13-7-15-38(29)33(41)25-10-6-9-24(17-25)31(40)37-22(2)28(27-12-3-4-14-30(27)39)19-35-18-23-8-5-11-26(34)16-23/h3-6,8-12,14,16-17,20,22,28-29,35,39H,7,13,15,18-19H2,1-2H3,(H,37,40)/t22-,28+,29+/m0/s1. The van der Waals surface area contributed by atoms with E-state index in [-0.39, 0.29) is 35.6 Å². The monoisotopic (exact) mass is 602 g/mol. The third-order valence-corrected chi connectivity index (χ3v) is 8.99. The second-order valence-corrected chi connectivity index (χ2v) is 12.1. The van der Waals surface area contributed by atoms with E-state index in [4.69, 9.17) is 11.6 Å². The molecule has 0 aliphatic carbocycles. The molecule has 1 aliphatic heterocycles. The Labute approximate surface area is 255 Å². The highest BCUT2D eigenvalue weighted by Gasteiger charge is 2.33. The van der Waals surface area contributed by atoms with E-state index in [9.17, 15) is 14.7 Å². The average Bonchev–Trinajstić information content (AvgIpc) is 3.65. The fraction of sp³-hybridized carbons (Fsp3) is 0.303. The van der Waals surface area contributed by atoms with Crippen LogP contribution in [0.15, 0.2) is 78.2 Å². The lowest BCUT2D eigenvalue weighted by Gasteiger charge is -2.27. The first-order valence-corrected chi connectivity index (χ1v) is 15.4. The van der Waals surface area contributed by atoms with Crippen LogP contribution in [0.1, 0.15) is 74.3 Å². The molecule has 0 bridgehead atoms. The van der Waals surface area contributed by atoms with Crippen LogP contribution in [0.25, 0.3) is 0 Å². The molecule has 0 saturated carbocycles. The zero-order chi connectivity index (χ0) is 29.6. The number of likely N-dealkylation sites (tertiary alicyclic amines) is 1. The second-order valence-electron chi connectivity index (χ2n) is 10.8. The number of halogens is 1. The number of nitrogens with zero attached hydrogens (tertiary/aromatic N) is 2. The Balaban J connectivity index is 1.29. The zero-order valence-corrected chi connectivity index (χ0v) is 25.3. The average molecular weight is 603 g/mol. The van der Waals surface area contributed by atoms with Gasteiger partial charge in [-0.05, 0) is 68.7 Å². The van der Waals surface area contributed by atoms with Crippen molar-refractivity contribution in [2.75, 3.05) is 13.1 Å². The summed E-state index contributed by atoms with van der Waals surface area (Å²) >= 11 is 7.72. The van der Waals surface area contributed by atoms with Gasteiger partial charge in [-0.2, -0.15) is 0 Å². The Hall–Kier alpha value is -3.72.